The van der Waals surface area contributed by atoms with Crippen molar-refractivity contribution in [2.75, 3.05) is 13.2 Å². The summed E-state index contributed by atoms with van der Waals surface area (Å²) in [6.07, 6.45) is 1.71. The first-order valence-electron chi connectivity index (χ1n) is 10.8. The van der Waals surface area contributed by atoms with Crippen molar-refractivity contribution >= 4 is 28.8 Å². The number of aryl methyl sites for hydroxylation is 2. The molecule has 1 N–H and O–H groups in total. The number of hydrogen-bond acceptors (Lipinski definition) is 5. The van der Waals surface area contributed by atoms with Crippen molar-refractivity contribution in [1.82, 2.24) is 4.90 Å². The maximum atomic E-state index is 13.0. The van der Waals surface area contributed by atoms with Crippen LogP contribution in [-0.2, 0) is 9.59 Å². The lowest BCUT2D eigenvalue weighted by molar-refractivity contribution is -0.139. The molecule has 6 heteroatoms. The van der Waals surface area contributed by atoms with Crippen LogP contribution in [0.1, 0.15) is 61.2 Å². The lowest BCUT2D eigenvalue weighted by Crippen LogP contribution is -2.30. The smallest absolute Gasteiger partial charge is 0.295 e. The fourth-order valence-corrected chi connectivity index (χ4v) is 4.79. The van der Waals surface area contributed by atoms with Gasteiger partial charge in [0.25, 0.3) is 11.7 Å². The molecule has 1 fully saturated rings. The van der Waals surface area contributed by atoms with Gasteiger partial charge < -0.3 is 14.7 Å². The first-order chi connectivity index (χ1) is 14.8. The number of rotatable bonds is 8. The van der Waals surface area contributed by atoms with Crippen LogP contribution in [0.25, 0.3) is 5.76 Å². The number of ether oxygens (including phenoxy) is 1. The van der Waals surface area contributed by atoms with Crippen molar-refractivity contribution in [3.05, 3.63) is 56.8 Å². The Balaban J connectivity index is 2.06. The monoisotopic (exact) mass is 441 g/mol. The molecule has 1 aliphatic heterocycles. The highest BCUT2D eigenvalue weighted by Crippen LogP contribution is 2.43. The third-order valence-electron chi connectivity index (χ3n) is 5.46. The second kappa shape index (κ2) is 9.69. The molecule has 0 aliphatic carbocycles. The van der Waals surface area contributed by atoms with Crippen molar-refractivity contribution in [3.8, 4) is 5.75 Å². The minimum absolute atomic E-state index is 0.131. The zero-order valence-corrected chi connectivity index (χ0v) is 19.7. The second-order valence-corrected chi connectivity index (χ2v) is 9.45. The van der Waals surface area contributed by atoms with Gasteiger partial charge in [-0.1, -0.05) is 27.2 Å². The van der Waals surface area contributed by atoms with Crippen molar-refractivity contribution < 1.29 is 19.4 Å². The summed E-state index contributed by atoms with van der Waals surface area (Å²) in [5.41, 5.74) is 2.57. The third-order valence-corrected chi connectivity index (χ3v) is 6.53. The van der Waals surface area contributed by atoms with E-state index in [0.717, 1.165) is 34.6 Å². The zero-order chi connectivity index (χ0) is 22.7. The lowest BCUT2D eigenvalue weighted by atomic mass is 9.97. The number of ketones is 1. The van der Waals surface area contributed by atoms with E-state index in [1.807, 2.05) is 44.4 Å². The Labute approximate surface area is 188 Å². The molecular weight excluding hydrogens is 410 g/mol. The molecular formula is C25H31NO4S. The van der Waals surface area contributed by atoms with Crippen LogP contribution in [0, 0.1) is 19.8 Å². The van der Waals surface area contributed by atoms with Gasteiger partial charge in [-0.2, -0.15) is 0 Å². The molecule has 2 aromatic rings. The number of thiophene rings is 1. The SMILES string of the molecule is CCCCN1C(=O)C(=O)/C(=C(\O)c2ccc(OCC(C)C)c(C)c2)C1c1sccc1C. The van der Waals surface area contributed by atoms with Crippen LogP contribution < -0.4 is 4.74 Å². The first-order valence-corrected chi connectivity index (χ1v) is 11.7. The molecule has 1 saturated heterocycles. The van der Waals surface area contributed by atoms with Crippen molar-refractivity contribution in [1.29, 1.82) is 0 Å². The Bertz CT molecular complexity index is 1000. The van der Waals surface area contributed by atoms with Gasteiger partial charge in [-0.05, 0) is 67.0 Å². The number of hydrogen-bond donors (Lipinski definition) is 1. The van der Waals surface area contributed by atoms with Crippen LogP contribution in [0.5, 0.6) is 5.75 Å². The molecule has 0 spiro atoms. The van der Waals surface area contributed by atoms with Gasteiger partial charge in [0.05, 0.1) is 18.2 Å². The minimum atomic E-state index is -0.621. The Morgan fingerprint density at radius 1 is 1.19 bits per heavy atom. The van der Waals surface area contributed by atoms with Crippen molar-refractivity contribution in [2.45, 2.75) is 53.5 Å². The first kappa shape index (κ1) is 23.1. The predicted molar refractivity (Wildman–Crippen MR) is 124 cm³/mol. The number of Topliss-reactive ketones (excluding diaryl/α,β-unsaturated/α-hetero) is 1. The zero-order valence-electron chi connectivity index (χ0n) is 18.9. The summed E-state index contributed by atoms with van der Waals surface area (Å²) in [6, 6.07) is 6.79. The Morgan fingerprint density at radius 3 is 2.52 bits per heavy atom. The predicted octanol–water partition coefficient (Wildman–Crippen LogP) is 5.62. The highest BCUT2D eigenvalue weighted by atomic mass is 32.1. The molecule has 3 rings (SSSR count). The van der Waals surface area contributed by atoms with Gasteiger partial charge in [-0.15, -0.1) is 11.3 Å². The van der Waals surface area contributed by atoms with Crippen LogP contribution in [0.2, 0.25) is 0 Å². The number of carbonyl (C=O) groups is 2. The van der Waals surface area contributed by atoms with E-state index in [4.69, 9.17) is 4.74 Å². The van der Waals surface area contributed by atoms with Gasteiger partial charge in [0.1, 0.15) is 11.5 Å². The summed E-state index contributed by atoms with van der Waals surface area (Å²) in [5.74, 6) is -0.140. The molecule has 31 heavy (non-hydrogen) atoms. The fourth-order valence-electron chi connectivity index (χ4n) is 3.75. The average molecular weight is 442 g/mol. The van der Waals surface area contributed by atoms with Crippen LogP contribution in [0.4, 0.5) is 0 Å². The van der Waals surface area contributed by atoms with Gasteiger partial charge in [-0.25, -0.2) is 0 Å². The van der Waals surface area contributed by atoms with Crippen LogP contribution in [0.3, 0.4) is 0 Å². The normalized spacial score (nSPS) is 18.3. The molecule has 0 bridgehead atoms. The van der Waals surface area contributed by atoms with Crippen LogP contribution in [-0.4, -0.2) is 34.8 Å². The molecule has 1 unspecified atom stereocenters. The number of amides is 1. The van der Waals surface area contributed by atoms with E-state index in [9.17, 15) is 14.7 Å². The highest BCUT2D eigenvalue weighted by molar-refractivity contribution is 7.10. The van der Waals surface area contributed by atoms with E-state index in [0.29, 0.717) is 24.6 Å². The number of likely N-dealkylation sites (tertiary alicyclic amines) is 1. The quantitative estimate of drug-likeness (QED) is 0.328. The van der Waals surface area contributed by atoms with E-state index in [1.54, 1.807) is 11.0 Å². The van der Waals surface area contributed by atoms with Gasteiger partial charge >= 0.3 is 0 Å². The Morgan fingerprint density at radius 2 is 1.94 bits per heavy atom. The van der Waals surface area contributed by atoms with E-state index >= 15 is 0 Å². The summed E-state index contributed by atoms with van der Waals surface area (Å²) in [5, 5.41) is 13.1. The summed E-state index contributed by atoms with van der Waals surface area (Å²) in [7, 11) is 0. The molecule has 1 aliphatic rings. The summed E-state index contributed by atoms with van der Waals surface area (Å²) in [6.45, 7) is 11.2. The number of aliphatic hydroxyl groups is 1. The molecule has 0 saturated carbocycles. The molecule has 1 aromatic carbocycles. The molecule has 5 nitrogen and oxygen atoms in total. The van der Waals surface area contributed by atoms with Crippen LogP contribution >= 0.6 is 11.3 Å². The van der Waals surface area contributed by atoms with Crippen molar-refractivity contribution in [2.24, 2.45) is 5.92 Å². The summed E-state index contributed by atoms with van der Waals surface area (Å²) < 4.78 is 5.83. The molecule has 1 atom stereocenters. The van der Waals surface area contributed by atoms with Gasteiger partial charge in [-0.3, -0.25) is 9.59 Å². The fraction of sp³-hybridized carbons (Fsp3) is 0.440. The molecule has 1 aromatic heterocycles. The van der Waals surface area contributed by atoms with E-state index in [-0.39, 0.29) is 11.3 Å². The Kier molecular flexibility index (Phi) is 7.21. The average Bonchev–Trinajstić information content (AvgIpc) is 3.25. The minimum Gasteiger partial charge on any atom is -0.507 e. The third kappa shape index (κ3) is 4.69. The molecule has 166 valence electrons. The van der Waals surface area contributed by atoms with Crippen molar-refractivity contribution in [3.63, 3.8) is 0 Å². The van der Waals surface area contributed by atoms with E-state index in [2.05, 4.69) is 13.8 Å². The maximum Gasteiger partial charge on any atom is 0.295 e. The highest BCUT2D eigenvalue weighted by Gasteiger charge is 2.46. The summed E-state index contributed by atoms with van der Waals surface area (Å²) in [4.78, 5) is 28.4. The standard InChI is InChI=1S/C25H31NO4S/c1-6-7-11-26-21(24-16(4)10-12-31-24)20(23(28)25(26)29)22(27)18-8-9-19(17(5)13-18)30-14-15(2)3/h8-10,12-13,15,21,27H,6-7,11,14H2,1-5H3/b22-20-. The topological polar surface area (TPSA) is 66.8 Å². The number of carbonyl (C=O) groups excluding carboxylic acids is 2. The number of nitrogens with zero attached hydrogens (tertiary/aromatic N) is 1. The summed E-state index contributed by atoms with van der Waals surface area (Å²) >= 11 is 1.51. The number of aliphatic hydroxyl groups excluding tert-OH is 1. The van der Waals surface area contributed by atoms with Gasteiger partial charge in [0.2, 0.25) is 0 Å². The van der Waals surface area contributed by atoms with Crippen LogP contribution in [0.15, 0.2) is 35.2 Å². The molecule has 0 radical (unpaired) electrons. The number of unbranched alkanes of at least 4 members (excludes halogenated alkanes) is 1. The number of benzene rings is 1. The molecule has 2 heterocycles. The Hall–Kier alpha value is -2.60. The maximum absolute atomic E-state index is 13.0. The van der Waals surface area contributed by atoms with E-state index < -0.39 is 17.7 Å². The van der Waals surface area contributed by atoms with Gasteiger partial charge in [0, 0.05) is 17.0 Å². The lowest BCUT2D eigenvalue weighted by Gasteiger charge is -2.24. The second-order valence-electron chi connectivity index (χ2n) is 8.50. The molecule has 1 amide bonds. The largest absolute Gasteiger partial charge is 0.507 e. The van der Waals surface area contributed by atoms with Gasteiger partial charge in [0.15, 0.2) is 0 Å². The van der Waals surface area contributed by atoms with E-state index in [1.165, 1.54) is 11.3 Å².